The summed E-state index contributed by atoms with van der Waals surface area (Å²) in [4.78, 5) is 36.4. The standard InChI is InChI=1S/C17H19N5O3S/c1-9(2)21-22-17-20-16(25)13(26-17)8-14(23)18-12-7-10-5-3-4-6-11(10)19-15(12)24/h3-6,12-13H,7-8H2,1-2H3,(H,18,23)(H,19,24)(H,20,22,25). The lowest BCUT2D eigenvalue weighted by molar-refractivity contribution is -0.128. The third kappa shape index (κ3) is 4.29. The molecular weight excluding hydrogens is 354 g/mol. The Labute approximate surface area is 154 Å². The molecule has 2 aliphatic heterocycles. The number of amides is 3. The van der Waals surface area contributed by atoms with Gasteiger partial charge in [-0.05, 0) is 25.5 Å². The van der Waals surface area contributed by atoms with Crippen LogP contribution in [0.5, 0.6) is 0 Å². The molecule has 3 amide bonds. The third-order valence-electron chi connectivity index (χ3n) is 3.84. The van der Waals surface area contributed by atoms with Crippen LogP contribution >= 0.6 is 11.8 Å². The number of nitrogens with zero attached hydrogens (tertiary/aromatic N) is 2. The molecule has 136 valence electrons. The minimum atomic E-state index is -0.646. The van der Waals surface area contributed by atoms with Crippen molar-refractivity contribution in [3.05, 3.63) is 29.8 Å². The summed E-state index contributed by atoms with van der Waals surface area (Å²) < 4.78 is 0. The van der Waals surface area contributed by atoms with E-state index in [0.29, 0.717) is 11.6 Å². The van der Waals surface area contributed by atoms with Gasteiger partial charge in [0.05, 0.1) is 0 Å². The molecule has 0 aromatic heterocycles. The maximum absolute atomic E-state index is 12.3. The Morgan fingerprint density at radius 1 is 1.23 bits per heavy atom. The van der Waals surface area contributed by atoms with E-state index in [0.717, 1.165) is 28.7 Å². The number of anilines is 1. The molecule has 2 heterocycles. The minimum absolute atomic E-state index is 0.0320. The highest BCUT2D eigenvalue weighted by Gasteiger charge is 2.34. The molecular formula is C17H19N5O3S. The Balaban J connectivity index is 1.58. The first-order valence-corrected chi connectivity index (χ1v) is 9.05. The molecule has 0 aliphatic carbocycles. The van der Waals surface area contributed by atoms with Crippen LogP contribution in [0.4, 0.5) is 5.69 Å². The monoisotopic (exact) mass is 373 g/mol. The molecule has 3 N–H and O–H groups in total. The summed E-state index contributed by atoms with van der Waals surface area (Å²) in [6, 6.07) is 6.82. The van der Waals surface area contributed by atoms with Gasteiger partial charge in [0.25, 0.3) is 0 Å². The lowest BCUT2D eigenvalue weighted by Crippen LogP contribution is -2.48. The van der Waals surface area contributed by atoms with Gasteiger partial charge in [0.1, 0.15) is 11.3 Å². The number of para-hydroxylation sites is 1. The molecule has 9 heteroatoms. The van der Waals surface area contributed by atoms with Crippen molar-refractivity contribution in [3.8, 4) is 0 Å². The van der Waals surface area contributed by atoms with E-state index >= 15 is 0 Å². The first kappa shape index (κ1) is 18.1. The fourth-order valence-electron chi connectivity index (χ4n) is 2.62. The maximum Gasteiger partial charge on any atom is 0.247 e. The van der Waals surface area contributed by atoms with Gasteiger partial charge in [0, 0.05) is 24.2 Å². The molecule has 1 fully saturated rings. The summed E-state index contributed by atoms with van der Waals surface area (Å²) in [5.41, 5.74) is 2.49. The molecule has 0 spiro atoms. The SMILES string of the molecule is CC(C)=NN=C1NC(=O)C(CC(=O)NC2Cc3ccccc3NC2=O)S1. The second-order valence-corrected chi connectivity index (χ2v) is 7.41. The van der Waals surface area contributed by atoms with E-state index in [2.05, 4.69) is 26.2 Å². The number of thioether (sulfide) groups is 1. The number of fused-ring (bicyclic) bond motifs is 1. The zero-order valence-corrected chi connectivity index (χ0v) is 15.2. The van der Waals surface area contributed by atoms with Gasteiger partial charge in [-0.15, -0.1) is 5.10 Å². The number of hydrogen-bond acceptors (Lipinski definition) is 6. The van der Waals surface area contributed by atoms with E-state index in [1.165, 1.54) is 0 Å². The Hall–Kier alpha value is -2.68. The number of carbonyl (C=O) groups excluding carboxylic acids is 3. The predicted molar refractivity (Wildman–Crippen MR) is 101 cm³/mol. The van der Waals surface area contributed by atoms with Gasteiger partial charge in [0.2, 0.25) is 17.7 Å². The largest absolute Gasteiger partial charge is 0.344 e. The zero-order valence-electron chi connectivity index (χ0n) is 14.4. The quantitative estimate of drug-likeness (QED) is 0.541. The summed E-state index contributed by atoms with van der Waals surface area (Å²) in [6.45, 7) is 3.59. The summed E-state index contributed by atoms with van der Waals surface area (Å²) in [5.74, 6) is -0.893. The predicted octanol–water partition coefficient (Wildman–Crippen LogP) is 1.04. The topological polar surface area (TPSA) is 112 Å². The maximum atomic E-state index is 12.3. The van der Waals surface area contributed by atoms with E-state index < -0.39 is 11.3 Å². The molecule has 1 saturated heterocycles. The van der Waals surface area contributed by atoms with E-state index in [-0.39, 0.29) is 24.1 Å². The van der Waals surface area contributed by atoms with Crippen LogP contribution in [0, 0.1) is 0 Å². The van der Waals surface area contributed by atoms with Gasteiger partial charge >= 0.3 is 0 Å². The van der Waals surface area contributed by atoms with Crippen LogP contribution in [0.15, 0.2) is 34.5 Å². The molecule has 2 atom stereocenters. The van der Waals surface area contributed by atoms with Crippen molar-refractivity contribution < 1.29 is 14.4 Å². The third-order valence-corrected chi connectivity index (χ3v) is 4.91. The van der Waals surface area contributed by atoms with Crippen molar-refractivity contribution in [2.45, 2.75) is 38.0 Å². The average Bonchev–Trinajstić information content (AvgIpc) is 2.93. The molecule has 2 aliphatic rings. The van der Waals surface area contributed by atoms with Crippen LogP contribution in [0.3, 0.4) is 0 Å². The molecule has 0 radical (unpaired) electrons. The Kier molecular flexibility index (Phi) is 5.36. The van der Waals surface area contributed by atoms with Gasteiger partial charge in [-0.1, -0.05) is 30.0 Å². The smallest absolute Gasteiger partial charge is 0.247 e. The number of nitrogens with one attached hydrogen (secondary N) is 3. The van der Waals surface area contributed by atoms with Crippen molar-refractivity contribution in [2.75, 3.05) is 5.32 Å². The average molecular weight is 373 g/mol. The number of amidine groups is 1. The van der Waals surface area contributed by atoms with Gasteiger partial charge in [-0.25, -0.2) is 0 Å². The number of carbonyl (C=O) groups is 3. The fourth-order valence-corrected chi connectivity index (χ4v) is 3.54. The van der Waals surface area contributed by atoms with Crippen LogP contribution in [-0.4, -0.2) is 39.9 Å². The minimum Gasteiger partial charge on any atom is -0.344 e. The highest BCUT2D eigenvalue weighted by Crippen LogP contribution is 2.24. The lowest BCUT2D eigenvalue weighted by atomic mass is 9.99. The second-order valence-electron chi connectivity index (χ2n) is 6.22. The first-order chi connectivity index (χ1) is 12.4. The number of hydrogen-bond donors (Lipinski definition) is 3. The van der Waals surface area contributed by atoms with E-state index in [1.807, 2.05) is 24.3 Å². The number of rotatable bonds is 4. The van der Waals surface area contributed by atoms with Crippen molar-refractivity contribution in [2.24, 2.45) is 10.2 Å². The van der Waals surface area contributed by atoms with Crippen LogP contribution in [0.25, 0.3) is 0 Å². The van der Waals surface area contributed by atoms with Crippen molar-refractivity contribution in [3.63, 3.8) is 0 Å². The molecule has 1 aromatic carbocycles. The Morgan fingerprint density at radius 2 is 2.00 bits per heavy atom. The lowest BCUT2D eigenvalue weighted by Gasteiger charge is -2.25. The molecule has 2 unspecified atom stereocenters. The van der Waals surface area contributed by atoms with Crippen molar-refractivity contribution >= 4 is 46.1 Å². The Bertz CT molecular complexity index is 816. The van der Waals surface area contributed by atoms with Gasteiger partial charge in [-0.2, -0.15) is 5.10 Å². The highest BCUT2D eigenvalue weighted by atomic mass is 32.2. The van der Waals surface area contributed by atoms with Crippen molar-refractivity contribution in [1.82, 2.24) is 10.6 Å². The summed E-state index contributed by atoms with van der Waals surface area (Å²) in [7, 11) is 0. The first-order valence-electron chi connectivity index (χ1n) is 8.17. The summed E-state index contributed by atoms with van der Waals surface area (Å²) >= 11 is 1.16. The van der Waals surface area contributed by atoms with Crippen LogP contribution in [-0.2, 0) is 20.8 Å². The molecule has 1 aromatic rings. The van der Waals surface area contributed by atoms with Crippen LogP contribution in [0.1, 0.15) is 25.8 Å². The van der Waals surface area contributed by atoms with Gasteiger partial charge in [0.15, 0.2) is 5.17 Å². The molecule has 0 bridgehead atoms. The summed E-state index contributed by atoms with van der Waals surface area (Å²) in [6.07, 6.45) is 0.394. The van der Waals surface area contributed by atoms with Crippen LogP contribution < -0.4 is 16.0 Å². The van der Waals surface area contributed by atoms with E-state index in [9.17, 15) is 14.4 Å². The van der Waals surface area contributed by atoms with Crippen LogP contribution in [0.2, 0.25) is 0 Å². The van der Waals surface area contributed by atoms with E-state index in [4.69, 9.17) is 0 Å². The number of benzene rings is 1. The molecule has 3 rings (SSSR count). The van der Waals surface area contributed by atoms with Gasteiger partial charge < -0.3 is 16.0 Å². The normalized spacial score (nSPS) is 23.1. The molecule has 8 nitrogen and oxygen atoms in total. The zero-order chi connectivity index (χ0) is 18.7. The molecule has 26 heavy (non-hydrogen) atoms. The fraction of sp³-hybridized carbons (Fsp3) is 0.353. The Morgan fingerprint density at radius 3 is 2.77 bits per heavy atom. The van der Waals surface area contributed by atoms with Crippen molar-refractivity contribution in [1.29, 1.82) is 0 Å². The molecule has 0 saturated carbocycles. The van der Waals surface area contributed by atoms with Gasteiger partial charge in [-0.3, -0.25) is 14.4 Å². The summed E-state index contributed by atoms with van der Waals surface area (Å²) in [5, 5.41) is 15.7. The highest BCUT2D eigenvalue weighted by molar-refractivity contribution is 8.15. The second kappa shape index (κ2) is 7.69. The van der Waals surface area contributed by atoms with E-state index in [1.54, 1.807) is 13.8 Å².